The number of nitrogens with one attached hydrogen (secondary N) is 2. The molecule has 0 aliphatic heterocycles. The van der Waals surface area contributed by atoms with Crippen LogP contribution in [0.4, 0.5) is 8.78 Å². The van der Waals surface area contributed by atoms with E-state index < -0.39 is 28.5 Å². The van der Waals surface area contributed by atoms with Crippen molar-refractivity contribution in [2.75, 3.05) is 13.7 Å². The molecule has 2 N–H and O–H groups in total. The summed E-state index contributed by atoms with van der Waals surface area (Å²) in [4.78, 5) is 17.8. The number of ether oxygens (including phenoxy) is 1. The van der Waals surface area contributed by atoms with Crippen LogP contribution in [0, 0.1) is 18.6 Å². The van der Waals surface area contributed by atoms with Gasteiger partial charge in [-0.3, -0.25) is 14.2 Å². The van der Waals surface area contributed by atoms with Gasteiger partial charge in [0.05, 0.1) is 23.4 Å². The van der Waals surface area contributed by atoms with Gasteiger partial charge >= 0.3 is 0 Å². The first-order valence-electron chi connectivity index (χ1n) is 12.8. The molecule has 9 nitrogen and oxygen atoms in total. The van der Waals surface area contributed by atoms with E-state index in [1.165, 1.54) is 10.7 Å². The summed E-state index contributed by atoms with van der Waals surface area (Å²) in [6, 6.07) is 14.6. The molecule has 1 amide bonds. The molecule has 212 valence electrons. The Hall–Kier alpha value is -4.42. The van der Waals surface area contributed by atoms with Gasteiger partial charge < -0.3 is 14.5 Å². The molecule has 0 bridgehead atoms. The summed E-state index contributed by atoms with van der Waals surface area (Å²) in [5.74, 6) is -3.00. The van der Waals surface area contributed by atoms with Gasteiger partial charge in [-0.1, -0.05) is 18.2 Å². The molecule has 0 aliphatic rings. The van der Waals surface area contributed by atoms with Crippen LogP contribution in [-0.2, 0) is 31.0 Å². The van der Waals surface area contributed by atoms with E-state index in [1.54, 1.807) is 68.8 Å². The monoisotopic (exact) mass is 578 g/mol. The number of benzene rings is 2. The summed E-state index contributed by atoms with van der Waals surface area (Å²) in [7, 11) is 1.73. The lowest BCUT2D eigenvalue weighted by Gasteiger charge is -2.14. The van der Waals surface area contributed by atoms with Crippen molar-refractivity contribution >= 4 is 22.5 Å². The van der Waals surface area contributed by atoms with Crippen LogP contribution in [-0.4, -0.2) is 42.9 Å². The molecule has 41 heavy (non-hydrogen) atoms. The number of nitrogens with zero attached hydrogens (tertiary/aromatic N) is 4. The van der Waals surface area contributed by atoms with E-state index in [0.717, 1.165) is 17.4 Å². The molecule has 0 aliphatic carbocycles. The highest BCUT2D eigenvalue weighted by Gasteiger charge is 2.23. The molecule has 0 fully saturated rings. The molecule has 12 heteroatoms. The lowest BCUT2D eigenvalue weighted by atomic mass is 10.1. The Balaban J connectivity index is 1.38. The average molecular weight is 579 g/mol. The van der Waals surface area contributed by atoms with Crippen molar-refractivity contribution in [3.8, 4) is 16.9 Å². The Morgan fingerprint density at radius 3 is 2.63 bits per heavy atom. The molecule has 0 saturated heterocycles. The number of carbonyl (C=O) groups excluding carboxylic acids is 1. The first-order valence-corrected chi connectivity index (χ1v) is 14.0. The molecule has 0 radical (unpaired) electrons. The lowest BCUT2D eigenvalue weighted by Crippen LogP contribution is -2.27. The summed E-state index contributed by atoms with van der Waals surface area (Å²) in [6.07, 6.45) is 3.72. The summed E-state index contributed by atoms with van der Waals surface area (Å²) in [5, 5.41) is 7.38. The van der Waals surface area contributed by atoms with Gasteiger partial charge in [-0.05, 0) is 50.4 Å². The Kier molecular flexibility index (Phi) is 8.22. The zero-order valence-corrected chi connectivity index (χ0v) is 23.5. The normalized spacial score (nSPS) is 12.0. The second-order valence-corrected chi connectivity index (χ2v) is 10.5. The van der Waals surface area contributed by atoms with Crippen LogP contribution in [0.3, 0.4) is 0 Å². The van der Waals surface area contributed by atoms with Crippen LogP contribution in [0.1, 0.15) is 27.4 Å². The predicted octanol–water partition coefficient (Wildman–Crippen LogP) is 4.11. The first-order chi connectivity index (χ1) is 19.8. The fourth-order valence-electron chi connectivity index (χ4n) is 4.53. The van der Waals surface area contributed by atoms with Crippen molar-refractivity contribution < 1.29 is 22.5 Å². The molecule has 3 aromatic heterocycles. The first kappa shape index (κ1) is 28.1. The van der Waals surface area contributed by atoms with Gasteiger partial charge in [0.15, 0.2) is 28.2 Å². The Morgan fingerprint density at radius 2 is 1.88 bits per heavy atom. The summed E-state index contributed by atoms with van der Waals surface area (Å²) in [6.45, 7) is 2.29. The number of hydrogen-bond acceptors (Lipinski definition) is 6. The number of halogens is 2. The molecular formula is C29H28F2N6O3S. The highest BCUT2D eigenvalue weighted by Crippen LogP contribution is 2.34. The molecule has 5 aromatic rings. The number of imidazole rings is 1. The highest BCUT2D eigenvalue weighted by molar-refractivity contribution is 7.83. The van der Waals surface area contributed by atoms with Crippen LogP contribution in [0.25, 0.3) is 16.8 Å². The van der Waals surface area contributed by atoms with E-state index in [2.05, 4.69) is 20.1 Å². The number of pyridine rings is 1. The molecule has 1 unspecified atom stereocenters. The molecule has 0 saturated carbocycles. The fourth-order valence-corrected chi connectivity index (χ4v) is 5.31. The predicted molar refractivity (Wildman–Crippen MR) is 151 cm³/mol. The Morgan fingerprint density at radius 1 is 1.10 bits per heavy atom. The Labute approximate surface area is 237 Å². The van der Waals surface area contributed by atoms with Gasteiger partial charge in [0.2, 0.25) is 5.82 Å². The van der Waals surface area contributed by atoms with E-state index >= 15 is 4.39 Å². The highest BCUT2D eigenvalue weighted by atomic mass is 32.2. The van der Waals surface area contributed by atoms with Crippen molar-refractivity contribution in [1.82, 2.24) is 29.2 Å². The van der Waals surface area contributed by atoms with Crippen molar-refractivity contribution in [3.05, 3.63) is 101 Å². The summed E-state index contributed by atoms with van der Waals surface area (Å²) in [5.41, 5.74) is 3.92. The van der Waals surface area contributed by atoms with Gasteiger partial charge in [0.25, 0.3) is 5.91 Å². The van der Waals surface area contributed by atoms with Gasteiger partial charge in [-0.15, -0.1) is 0 Å². The SMILES string of the molecule is CNCc1cnc2ccc(-c3ccc(F)c(F)c3OCCc3c(C(=O)NS(=O)c4ccccc4)nn(C)c3C)cn12. The average Bonchev–Trinajstić information content (AvgIpc) is 3.51. The van der Waals surface area contributed by atoms with E-state index in [1.807, 2.05) is 11.4 Å². The van der Waals surface area contributed by atoms with Crippen molar-refractivity contribution in [1.29, 1.82) is 0 Å². The number of aryl methyl sites for hydroxylation is 1. The van der Waals surface area contributed by atoms with Crippen molar-refractivity contribution in [2.24, 2.45) is 7.05 Å². The van der Waals surface area contributed by atoms with E-state index in [4.69, 9.17) is 4.74 Å². The van der Waals surface area contributed by atoms with Gasteiger partial charge in [0.1, 0.15) is 5.65 Å². The smallest absolute Gasteiger partial charge is 0.283 e. The van der Waals surface area contributed by atoms with Gasteiger partial charge in [-0.2, -0.15) is 9.49 Å². The van der Waals surface area contributed by atoms with Crippen LogP contribution >= 0.6 is 0 Å². The van der Waals surface area contributed by atoms with Crippen LogP contribution < -0.4 is 14.8 Å². The van der Waals surface area contributed by atoms with Gasteiger partial charge in [0, 0.05) is 48.6 Å². The third-order valence-corrected chi connectivity index (χ3v) is 7.79. The third-order valence-electron chi connectivity index (χ3n) is 6.72. The molecule has 0 spiro atoms. The minimum absolute atomic E-state index is 0.0692. The maximum atomic E-state index is 15.1. The zero-order valence-electron chi connectivity index (χ0n) is 22.6. The maximum Gasteiger partial charge on any atom is 0.283 e. The van der Waals surface area contributed by atoms with E-state index in [0.29, 0.717) is 33.8 Å². The Bertz CT molecular complexity index is 1750. The minimum atomic E-state index is -1.78. The standard InChI is InChI=1S/C29H28F2N6O3S/c1-18-22(27(34-36(18)3)29(38)35-41(39)21-7-5-4-6-8-21)13-14-40-28-23(10-11-24(30)26(28)31)19-9-12-25-33-16-20(15-32-2)37(25)17-19/h4-12,16-17,32H,13-15H2,1-3H3,(H,35,38). The maximum absolute atomic E-state index is 15.1. The number of amides is 1. The summed E-state index contributed by atoms with van der Waals surface area (Å²) < 4.78 is 53.8. The molecule has 5 rings (SSSR count). The topological polar surface area (TPSA) is 103 Å². The second kappa shape index (κ2) is 12.0. The zero-order chi connectivity index (χ0) is 29.1. The lowest BCUT2D eigenvalue weighted by molar-refractivity contribution is 0.0976. The number of carbonyl (C=O) groups is 1. The summed E-state index contributed by atoms with van der Waals surface area (Å²) >= 11 is 0. The largest absolute Gasteiger partial charge is 0.489 e. The molecular weight excluding hydrogens is 550 g/mol. The van der Waals surface area contributed by atoms with Crippen LogP contribution in [0.15, 0.2) is 71.9 Å². The van der Waals surface area contributed by atoms with Crippen LogP contribution in [0.2, 0.25) is 0 Å². The second-order valence-electron chi connectivity index (χ2n) is 9.31. The molecule has 2 aromatic carbocycles. The third kappa shape index (κ3) is 5.74. The van der Waals surface area contributed by atoms with Gasteiger partial charge in [-0.25, -0.2) is 13.6 Å². The quantitative estimate of drug-likeness (QED) is 0.259. The number of fused-ring (bicyclic) bond motifs is 1. The minimum Gasteiger partial charge on any atom is -0.489 e. The molecule has 1 atom stereocenters. The van der Waals surface area contributed by atoms with Crippen molar-refractivity contribution in [3.63, 3.8) is 0 Å². The number of aromatic nitrogens is 4. The van der Waals surface area contributed by atoms with Crippen molar-refractivity contribution in [2.45, 2.75) is 24.8 Å². The van der Waals surface area contributed by atoms with Crippen LogP contribution in [0.5, 0.6) is 5.75 Å². The fraction of sp³-hybridized carbons (Fsp3) is 0.207. The molecule has 3 heterocycles. The van der Waals surface area contributed by atoms with E-state index in [9.17, 15) is 13.4 Å². The van der Waals surface area contributed by atoms with E-state index in [-0.39, 0.29) is 24.5 Å². The number of hydrogen-bond donors (Lipinski definition) is 2. The number of rotatable bonds is 10.